The Balaban J connectivity index is 1.67. The van der Waals surface area contributed by atoms with Crippen molar-refractivity contribution in [1.29, 1.82) is 0 Å². The first-order valence-electron chi connectivity index (χ1n) is 12.8. The number of benzene rings is 5. The minimum atomic E-state index is -0.846. The average Bonchev–Trinajstić information content (AvgIpc) is 2.99. The van der Waals surface area contributed by atoms with Crippen molar-refractivity contribution in [2.75, 3.05) is 11.9 Å². The summed E-state index contributed by atoms with van der Waals surface area (Å²) in [5, 5.41) is 5.30. The Bertz CT molecular complexity index is 1250. The number of carbonyl (C=O) groups excluding carboxylic acids is 1. The van der Waals surface area contributed by atoms with Gasteiger partial charge in [0.25, 0.3) is 0 Å². The standard InChI is InChI=1S/C34H31NOP2/c1-35(28-17-7-2-8-18-28)33(36)27-34(37(29-19-9-3-10-20-29)30-21-11-4-12-22-30)38(31-23-13-5-14-24-31)32-25-15-6-16-26-32/h2-26,34H,27H2,1H3. The van der Waals surface area contributed by atoms with Crippen LogP contribution in [0, 0.1) is 0 Å². The second-order valence-electron chi connectivity index (χ2n) is 9.06. The van der Waals surface area contributed by atoms with Gasteiger partial charge in [0.05, 0.1) is 0 Å². The van der Waals surface area contributed by atoms with E-state index in [1.54, 1.807) is 0 Å². The average molecular weight is 532 g/mol. The Morgan fingerprint density at radius 3 is 1.13 bits per heavy atom. The summed E-state index contributed by atoms with van der Waals surface area (Å²) in [4.78, 5) is 15.9. The first-order chi connectivity index (χ1) is 18.7. The largest absolute Gasteiger partial charge is 0.315 e. The Morgan fingerprint density at radius 1 is 0.526 bits per heavy atom. The molecule has 0 N–H and O–H groups in total. The van der Waals surface area contributed by atoms with Gasteiger partial charge in [0, 0.05) is 24.6 Å². The van der Waals surface area contributed by atoms with Gasteiger partial charge < -0.3 is 4.90 Å². The van der Waals surface area contributed by atoms with Gasteiger partial charge in [-0.1, -0.05) is 140 Å². The highest BCUT2D eigenvalue weighted by Crippen LogP contribution is 2.57. The zero-order valence-corrected chi connectivity index (χ0v) is 23.3. The summed E-state index contributed by atoms with van der Waals surface area (Å²) in [6, 6.07) is 53.1. The van der Waals surface area contributed by atoms with Crippen LogP contribution >= 0.6 is 15.8 Å². The highest BCUT2D eigenvalue weighted by molar-refractivity contribution is 7.89. The minimum Gasteiger partial charge on any atom is -0.315 e. The maximum absolute atomic E-state index is 14.0. The highest BCUT2D eigenvalue weighted by atomic mass is 31.2. The second-order valence-corrected chi connectivity index (χ2v) is 14.3. The molecule has 0 heterocycles. The quantitative estimate of drug-likeness (QED) is 0.196. The lowest BCUT2D eigenvalue weighted by Gasteiger charge is -2.36. The van der Waals surface area contributed by atoms with Crippen LogP contribution in [0.25, 0.3) is 0 Å². The van der Waals surface area contributed by atoms with Crippen LogP contribution in [0.4, 0.5) is 5.69 Å². The van der Waals surface area contributed by atoms with Crippen LogP contribution in [0.1, 0.15) is 6.42 Å². The lowest BCUT2D eigenvalue weighted by molar-refractivity contribution is -0.118. The number of rotatable bonds is 9. The van der Waals surface area contributed by atoms with E-state index in [9.17, 15) is 4.79 Å². The zero-order chi connectivity index (χ0) is 26.2. The molecule has 0 spiro atoms. The summed E-state index contributed by atoms with van der Waals surface area (Å²) >= 11 is 0. The Morgan fingerprint density at radius 2 is 0.816 bits per heavy atom. The molecule has 0 bridgehead atoms. The van der Waals surface area contributed by atoms with Crippen molar-refractivity contribution in [3.63, 3.8) is 0 Å². The van der Waals surface area contributed by atoms with Gasteiger partial charge in [-0.15, -0.1) is 0 Å². The smallest absolute Gasteiger partial charge is 0.227 e. The van der Waals surface area contributed by atoms with E-state index < -0.39 is 15.8 Å². The van der Waals surface area contributed by atoms with Crippen molar-refractivity contribution < 1.29 is 4.79 Å². The molecule has 5 aromatic carbocycles. The van der Waals surface area contributed by atoms with E-state index in [0.29, 0.717) is 6.42 Å². The number of carbonyl (C=O) groups is 1. The minimum absolute atomic E-state index is 0.105. The fraction of sp³-hybridized carbons (Fsp3) is 0.0882. The number of amides is 1. The van der Waals surface area contributed by atoms with Crippen molar-refractivity contribution in [3.05, 3.63) is 152 Å². The number of hydrogen-bond acceptors (Lipinski definition) is 1. The Labute approximate surface area is 228 Å². The Hall–Kier alpha value is -3.57. The number of anilines is 1. The van der Waals surface area contributed by atoms with E-state index in [1.165, 1.54) is 21.2 Å². The molecule has 0 saturated carbocycles. The van der Waals surface area contributed by atoms with E-state index in [-0.39, 0.29) is 11.3 Å². The molecule has 0 aliphatic rings. The predicted molar refractivity (Wildman–Crippen MR) is 166 cm³/mol. The first kappa shape index (κ1) is 26.1. The lowest BCUT2D eigenvalue weighted by atomic mass is 10.3. The molecule has 188 valence electrons. The van der Waals surface area contributed by atoms with Gasteiger partial charge >= 0.3 is 0 Å². The normalized spacial score (nSPS) is 11.2. The molecular formula is C34H31NOP2. The molecule has 38 heavy (non-hydrogen) atoms. The van der Waals surface area contributed by atoms with Crippen LogP contribution in [-0.2, 0) is 4.79 Å². The molecule has 1 amide bonds. The number of hydrogen-bond donors (Lipinski definition) is 0. The van der Waals surface area contributed by atoms with Crippen LogP contribution in [0.15, 0.2) is 152 Å². The topological polar surface area (TPSA) is 20.3 Å². The molecule has 0 atom stereocenters. The maximum Gasteiger partial charge on any atom is 0.227 e. The van der Waals surface area contributed by atoms with Crippen molar-refractivity contribution in [2.45, 2.75) is 11.8 Å². The molecule has 0 aliphatic heterocycles. The van der Waals surface area contributed by atoms with Crippen molar-refractivity contribution in [1.82, 2.24) is 0 Å². The van der Waals surface area contributed by atoms with Crippen LogP contribution in [0.3, 0.4) is 0 Å². The van der Waals surface area contributed by atoms with Gasteiger partial charge in [-0.05, 0) is 49.2 Å². The highest BCUT2D eigenvalue weighted by Gasteiger charge is 2.36. The monoisotopic (exact) mass is 531 g/mol. The van der Waals surface area contributed by atoms with Gasteiger partial charge in [-0.2, -0.15) is 0 Å². The zero-order valence-electron chi connectivity index (χ0n) is 21.5. The van der Waals surface area contributed by atoms with Gasteiger partial charge in [0.1, 0.15) is 0 Å². The third-order valence-corrected chi connectivity index (χ3v) is 13.0. The summed E-state index contributed by atoms with van der Waals surface area (Å²) < 4.78 is 0. The molecule has 0 fully saturated rings. The van der Waals surface area contributed by atoms with Gasteiger partial charge in [0.2, 0.25) is 5.91 Å². The first-order valence-corrected chi connectivity index (χ1v) is 15.6. The summed E-state index contributed by atoms with van der Waals surface area (Å²) in [7, 11) is 0.207. The van der Waals surface area contributed by atoms with Crippen LogP contribution in [0.2, 0.25) is 0 Å². The third-order valence-electron chi connectivity index (χ3n) is 6.61. The van der Waals surface area contributed by atoms with Crippen LogP contribution < -0.4 is 26.1 Å². The third kappa shape index (κ3) is 6.11. The number of nitrogens with zero attached hydrogens (tertiary/aromatic N) is 1. The summed E-state index contributed by atoms with van der Waals surface area (Å²) in [5.74, 6) is 0.139. The molecule has 5 aromatic rings. The van der Waals surface area contributed by atoms with E-state index in [1.807, 2.05) is 42.3 Å². The van der Waals surface area contributed by atoms with Gasteiger partial charge in [0.15, 0.2) is 0 Å². The summed E-state index contributed by atoms with van der Waals surface area (Å²) in [6.45, 7) is 0. The molecule has 0 aromatic heterocycles. The van der Waals surface area contributed by atoms with E-state index in [4.69, 9.17) is 0 Å². The molecule has 5 rings (SSSR count). The van der Waals surface area contributed by atoms with Gasteiger partial charge in [-0.25, -0.2) is 0 Å². The van der Waals surface area contributed by atoms with Gasteiger partial charge in [-0.3, -0.25) is 4.79 Å². The molecule has 0 saturated heterocycles. The Kier molecular flexibility index (Phi) is 8.77. The molecule has 2 nitrogen and oxygen atoms in total. The molecule has 0 aliphatic carbocycles. The van der Waals surface area contributed by atoms with Crippen molar-refractivity contribution in [2.24, 2.45) is 0 Å². The van der Waals surface area contributed by atoms with Crippen LogP contribution in [-0.4, -0.2) is 18.4 Å². The summed E-state index contributed by atoms with van der Waals surface area (Å²) in [5.41, 5.74) is 0.920. The molecule has 4 heteroatoms. The van der Waals surface area contributed by atoms with E-state index >= 15 is 0 Å². The van der Waals surface area contributed by atoms with E-state index in [2.05, 4.69) is 121 Å². The van der Waals surface area contributed by atoms with Crippen LogP contribution in [0.5, 0.6) is 0 Å². The fourth-order valence-corrected chi connectivity index (χ4v) is 11.9. The summed E-state index contributed by atoms with van der Waals surface area (Å²) in [6.07, 6.45) is 0.455. The van der Waals surface area contributed by atoms with Crippen molar-refractivity contribution in [3.8, 4) is 0 Å². The molecular weight excluding hydrogens is 500 g/mol. The second kappa shape index (κ2) is 12.8. The fourth-order valence-electron chi connectivity index (χ4n) is 4.73. The maximum atomic E-state index is 14.0. The van der Waals surface area contributed by atoms with E-state index in [0.717, 1.165) is 5.69 Å². The predicted octanol–water partition coefficient (Wildman–Crippen LogP) is 6.63. The lowest BCUT2D eigenvalue weighted by Crippen LogP contribution is -2.34. The molecule has 0 radical (unpaired) electrons. The molecule has 0 unspecified atom stereocenters. The number of para-hydroxylation sites is 1. The van der Waals surface area contributed by atoms with Crippen molar-refractivity contribution >= 4 is 48.7 Å². The SMILES string of the molecule is CN(C(=O)CC(P(c1ccccc1)c1ccccc1)P(c1ccccc1)c1ccccc1)c1ccccc1.